The molecule has 1 saturated heterocycles. The molecule has 3 rings (SSSR count). The number of aromatic amines is 1. The summed E-state index contributed by atoms with van der Waals surface area (Å²) in [4.78, 5) is 36.6. The number of H-pyrrole nitrogens is 1. The van der Waals surface area contributed by atoms with E-state index in [1.165, 1.54) is 4.68 Å². The smallest absolute Gasteiger partial charge is 0.273 e. The fourth-order valence-electron chi connectivity index (χ4n) is 3.08. The average molecular weight is 367 g/mol. The molecule has 0 spiro atoms. The van der Waals surface area contributed by atoms with Gasteiger partial charge < -0.3 is 10.6 Å². The standard InChI is InChI=1S/C17H22N4O3.ClH/c1-11-6-8-18-10-14(11)19-15(22)7-9-21-17(24)13-5-3-2-4-12(13)16(23)20-21;/h2-5,11,14,18H,6-10H2,1H3,(H,19,22)(H,20,23);1H. The number of nitrogens with zero attached hydrogens (tertiary/aromatic N) is 1. The summed E-state index contributed by atoms with van der Waals surface area (Å²) < 4.78 is 1.22. The Labute approximate surface area is 151 Å². The van der Waals surface area contributed by atoms with Crippen molar-refractivity contribution in [2.75, 3.05) is 13.1 Å². The first-order chi connectivity index (χ1) is 11.6. The van der Waals surface area contributed by atoms with E-state index in [1.54, 1.807) is 24.3 Å². The zero-order chi connectivity index (χ0) is 17.1. The van der Waals surface area contributed by atoms with Crippen LogP contribution >= 0.6 is 12.4 Å². The summed E-state index contributed by atoms with van der Waals surface area (Å²) in [5.41, 5.74) is -0.610. The Kier molecular flexibility index (Phi) is 6.39. The number of hydrogen-bond acceptors (Lipinski definition) is 4. The van der Waals surface area contributed by atoms with Crippen molar-refractivity contribution in [1.82, 2.24) is 20.4 Å². The Morgan fingerprint density at radius 1 is 1.28 bits per heavy atom. The number of aromatic nitrogens is 2. The summed E-state index contributed by atoms with van der Waals surface area (Å²) in [6.45, 7) is 4.01. The predicted molar refractivity (Wildman–Crippen MR) is 99.3 cm³/mol. The zero-order valence-corrected chi connectivity index (χ0v) is 14.9. The van der Waals surface area contributed by atoms with E-state index in [-0.39, 0.29) is 48.4 Å². The third-order valence-corrected chi connectivity index (χ3v) is 4.62. The summed E-state index contributed by atoms with van der Waals surface area (Å²) in [7, 11) is 0. The van der Waals surface area contributed by atoms with Crippen LogP contribution in [0.5, 0.6) is 0 Å². The Bertz CT molecular complexity index is 861. The number of fused-ring (bicyclic) bond motifs is 1. The fraction of sp³-hybridized carbons (Fsp3) is 0.471. The summed E-state index contributed by atoms with van der Waals surface area (Å²) in [6.07, 6.45) is 1.18. The lowest BCUT2D eigenvalue weighted by Crippen LogP contribution is -2.50. The van der Waals surface area contributed by atoms with E-state index >= 15 is 0 Å². The minimum atomic E-state index is -0.323. The first-order valence-corrected chi connectivity index (χ1v) is 8.28. The molecule has 0 radical (unpaired) electrons. The third-order valence-electron chi connectivity index (χ3n) is 4.62. The normalized spacial score (nSPS) is 20.0. The Morgan fingerprint density at radius 2 is 2.00 bits per heavy atom. The molecule has 1 aliphatic heterocycles. The van der Waals surface area contributed by atoms with E-state index in [0.717, 1.165) is 19.5 Å². The van der Waals surface area contributed by atoms with Gasteiger partial charge in [0.25, 0.3) is 11.1 Å². The number of hydrogen-bond donors (Lipinski definition) is 3. The lowest BCUT2D eigenvalue weighted by molar-refractivity contribution is -0.122. The number of amides is 1. The largest absolute Gasteiger partial charge is 0.352 e. The number of halogens is 1. The first-order valence-electron chi connectivity index (χ1n) is 8.28. The van der Waals surface area contributed by atoms with Gasteiger partial charge >= 0.3 is 0 Å². The molecular weight excluding hydrogens is 344 g/mol. The van der Waals surface area contributed by atoms with E-state index in [1.807, 2.05) is 0 Å². The SMILES string of the molecule is CC1CCNCC1NC(=O)CCn1[nH]c(=O)c2ccccc2c1=O.Cl. The number of carbonyl (C=O) groups is 1. The van der Waals surface area contributed by atoms with Gasteiger partial charge in [-0.15, -0.1) is 12.4 Å². The van der Waals surface area contributed by atoms with Crippen molar-refractivity contribution in [3.05, 3.63) is 45.0 Å². The lowest BCUT2D eigenvalue weighted by atomic mass is 9.95. The molecule has 0 aliphatic carbocycles. The van der Waals surface area contributed by atoms with Crippen LogP contribution in [-0.2, 0) is 11.3 Å². The average Bonchev–Trinajstić information content (AvgIpc) is 2.59. The summed E-state index contributed by atoms with van der Waals surface area (Å²) in [5, 5.41) is 9.54. The molecule has 3 N–H and O–H groups in total. The number of nitrogens with one attached hydrogen (secondary N) is 3. The fourth-order valence-corrected chi connectivity index (χ4v) is 3.08. The second-order valence-electron chi connectivity index (χ2n) is 6.34. The Morgan fingerprint density at radius 3 is 2.72 bits per heavy atom. The van der Waals surface area contributed by atoms with Crippen LogP contribution in [0.25, 0.3) is 10.8 Å². The highest BCUT2D eigenvalue weighted by Gasteiger charge is 2.22. The van der Waals surface area contributed by atoms with Crippen LogP contribution in [0.2, 0.25) is 0 Å². The molecule has 2 heterocycles. The van der Waals surface area contributed by atoms with Gasteiger partial charge in [-0.1, -0.05) is 19.1 Å². The number of rotatable bonds is 4. The monoisotopic (exact) mass is 366 g/mol. The van der Waals surface area contributed by atoms with E-state index in [4.69, 9.17) is 0 Å². The molecule has 2 atom stereocenters. The van der Waals surface area contributed by atoms with E-state index in [9.17, 15) is 14.4 Å². The van der Waals surface area contributed by atoms with Gasteiger partial charge in [-0.3, -0.25) is 19.5 Å². The highest BCUT2D eigenvalue weighted by atomic mass is 35.5. The molecule has 1 fully saturated rings. The summed E-state index contributed by atoms with van der Waals surface area (Å²) >= 11 is 0. The van der Waals surface area contributed by atoms with Crippen LogP contribution < -0.4 is 21.8 Å². The van der Waals surface area contributed by atoms with Crippen LogP contribution in [0.1, 0.15) is 19.8 Å². The molecule has 1 amide bonds. The minimum absolute atomic E-state index is 0. The molecule has 1 aromatic carbocycles. The van der Waals surface area contributed by atoms with Gasteiger partial charge in [0.1, 0.15) is 0 Å². The second kappa shape index (κ2) is 8.31. The van der Waals surface area contributed by atoms with Crippen molar-refractivity contribution < 1.29 is 4.79 Å². The highest BCUT2D eigenvalue weighted by molar-refractivity contribution is 5.85. The summed E-state index contributed by atoms with van der Waals surface area (Å²) in [6, 6.07) is 6.79. The Hall–Kier alpha value is -2.12. The quantitative estimate of drug-likeness (QED) is 0.739. The number of benzene rings is 1. The molecule has 136 valence electrons. The van der Waals surface area contributed by atoms with Gasteiger partial charge in [0.2, 0.25) is 5.91 Å². The highest BCUT2D eigenvalue weighted by Crippen LogP contribution is 2.11. The first kappa shape index (κ1) is 19.2. The maximum absolute atomic E-state index is 12.4. The van der Waals surface area contributed by atoms with E-state index < -0.39 is 0 Å². The van der Waals surface area contributed by atoms with Gasteiger partial charge in [-0.25, -0.2) is 4.68 Å². The van der Waals surface area contributed by atoms with Gasteiger partial charge in [0.05, 0.1) is 17.3 Å². The van der Waals surface area contributed by atoms with Gasteiger partial charge in [-0.2, -0.15) is 0 Å². The second-order valence-corrected chi connectivity index (χ2v) is 6.34. The maximum Gasteiger partial charge on any atom is 0.273 e. The van der Waals surface area contributed by atoms with Crippen LogP contribution in [0.15, 0.2) is 33.9 Å². The maximum atomic E-state index is 12.4. The number of piperidine rings is 1. The van der Waals surface area contributed by atoms with Crippen LogP contribution in [0.3, 0.4) is 0 Å². The van der Waals surface area contributed by atoms with Crippen molar-refractivity contribution >= 4 is 29.1 Å². The lowest BCUT2D eigenvalue weighted by Gasteiger charge is -2.30. The van der Waals surface area contributed by atoms with Crippen molar-refractivity contribution in [2.45, 2.75) is 32.4 Å². The van der Waals surface area contributed by atoms with E-state index in [2.05, 4.69) is 22.7 Å². The van der Waals surface area contributed by atoms with Crippen molar-refractivity contribution in [3.63, 3.8) is 0 Å². The molecule has 2 unspecified atom stereocenters. The van der Waals surface area contributed by atoms with E-state index in [0.29, 0.717) is 16.7 Å². The zero-order valence-electron chi connectivity index (χ0n) is 14.1. The topological polar surface area (TPSA) is 96.0 Å². The molecule has 2 aromatic rings. The van der Waals surface area contributed by atoms with Gasteiger partial charge in [0.15, 0.2) is 0 Å². The third kappa shape index (κ3) is 4.29. The molecule has 0 saturated carbocycles. The predicted octanol–water partition coefficient (Wildman–Crippen LogP) is 0.616. The van der Waals surface area contributed by atoms with Crippen molar-refractivity contribution in [3.8, 4) is 0 Å². The van der Waals surface area contributed by atoms with Crippen LogP contribution in [-0.4, -0.2) is 34.8 Å². The van der Waals surface area contributed by atoms with Crippen LogP contribution in [0.4, 0.5) is 0 Å². The van der Waals surface area contributed by atoms with Gasteiger partial charge in [-0.05, 0) is 31.0 Å². The van der Waals surface area contributed by atoms with Crippen molar-refractivity contribution in [2.24, 2.45) is 5.92 Å². The Balaban J connectivity index is 0.00000225. The molecule has 1 aromatic heterocycles. The molecule has 7 nitrogen and oxygen atoms in total. The molecule has 1 aliphatic rings. The van der Waals surface area contributed by atoms with Gasteiger partial charge in [0, 0.05) is 19.0 Å². The molecule has 8 heteroatoms. The molecular formula is C17H23ClN4O3. The number of carbonyl (C=O) groups excluding carboxylic acids is 1. The number of aryl methyl sites for hydroxylation is 1. The molecule has 0 bridgehead atoms. The molecule has 25 heavy (non-hydrogen) atoms. The minimum Gasteiger partial charge on any atom is -0.352 e. The van der Waals surface area contributed by atoms with Crippen molar-refractivity contribution in [1.29, 1.82) is 0 Å². The van der Waals surface area contributed by atoms with Crippen LogP contribution in [0, 0.1) is 5.92 Å². The summed E-state index contributed by atoms with van der Waals surface area (Å²) in [5.74, 6) is 0.315.